The van der Waals surface area contributed by atoms with Crippen molar-refractivity contribution < 1.29 is 4.79 Å². The van der Waals surface area contributed by atoms with Gasteiger partial charge in [-0.15, -0.1) is 0 Å². The van der Waals surface area contributed by atoms with Crippen LogP contribution in [0.5, 0.6) is 0 Å². The fourth-order valence-corrected chi connectivity index (χ4v) is 2.96. The lowest BCUT2D eigenvalue weighted by molar-refractivity contribution is -0.132. The molecular weight excluding hydrogens is 248 g/mol. The standard InChI is InChI=1S/C17H26N2O/c1-13-6-5-11-19(12-13)16(20)9-10-18-17-14(2)7-4-8-15(17)3/h4,7-8,13,18H,5-6,9-12H2,1-3H3. The van der Waals surface area contributed by atoms with Gasteiger partial charge in [0.1, 0.15) is 0 Å². The second kappa shape index (κ2) is 6.78. The van der Waals surface area contributed by atoms with Crippen molar-refractivity contribution in [2.75, 3.05) is 25.0 Å². The van der Waals surface area contributed by atoms with Crippen molar-refractivity contribution >= 4 is 11.6 Å². The summed E-state index contributed by atoms with van der Waals surface area (Å²) in [5.41, 5.74) is 3.65. The Balaban J connectivity index is 1.82. The highest BCUT2D eigenvalue weighted by molar-refractivity contribution is 5.77. The third-order valence-corrected chi connectivity index (χ3v) is 4.13. The summed E-state index contributed by atoms with van der Waals surface area (Å²) in [7, 11) is 0. The van der Waals surface area contributed by atoms with Crippen LogP contribution in [0.1, 0.15) is 37.3 Å². The number of carbonyl (C=O) groups is 1. The highest BCUT2D eigenvalue weighted by Crippen LogP contribution is 2.20. The van der Waals surface area contributed by atoms with Gasteiger partial charge in [-0.3, -0.25) is 4.79 Å². The van der Waals surface area contributed by atoms with Gasteiger partial charge in [0, 0.05) is 31.7 Å². The predicted octanol–water partition coefficient (Wildman–Crippen LogP) is 3.36. The molecule has 1 saturated heterocycles. The quantitative estimate of drug-likeness (QED) is 0.913. The normalized spacial score (nSPS) is 18.9. The van der Waals surface area contributed by atoms with Gasteiger partial charge in [-0.1, -0.05) is 25.1 Å². The maximum absolute atomic E-state index is 12.2. The van der Waals surface area contributed by atoms with Gasteiger partial charge in [-0.05, 0) is 43.7 Å². The summed E-state index contributed by atoms with van der Waals surface area (Å²) < 4.78 is 0. The van der Waals surface area contributed by atoms with Gasteiger partial charge in [0.2, 0.25) is 5.91 Å². The van der Waals surface area contributed by atoms with Crippen molar-refractivity contribution in [1.29, 1.82) is 0 Å². The van der Waals surface area contributed by atoms with Crippen LogP contribution >= 0.6 is 0 Å². The molecule has 1 unspecified atom stereocenters. The molecule has 0 aromatic heterocycles. The average molecular weight is 274 g/mol. The molecule has 1 fully saturated rings. The molecule has 0 aliphatic carbocycles. The number of hydrogen-bond donors (Lipinski definition) is 1. The van der Waals surface area contributed by atoms with E-state index in [0.29, 0.717) is 12.3 Å². The Labute approximate surface area is 122 Å². The second-order valence-corrected chi connectivity index (χ2v) is 6.03. The van der Waals surface area contributed by atoms with Crippen LogP contribution in [0.3, 0.4) is 0 Å². The number of hydrogen-bond acceptors (Lipinski definition) is 2. The number of rotatable bonds is 4. The topological polar surface area (TPSA) is 32.3 Å². The molecule has 1 heterocycles. The molecule has 110 valence electrons. The summed E-state index contributed by atoms with van der Waals surface area (Å²) in [4.78, 5) is 14.2. The molecule has 3 heteroatoms. The molecule has 3 nitrogen and oxygen atoms in total. The lowest BCUT2D eigenvalue weighted by Crippen LogP contribution is -2.39. The van der Waals surface area contributed by atoms with Gasteiger partial charge >= 0.3 is 0 Å². The van der Waals surface area contributed by atoms with E-state index in [1.807, 2.05) is 4.90 Å². The highest BCUT2D eigenvalue weighted by atomic mass is 16.2. The zero-order valence-corrected chi connectivity index (χ0v) is 12.9. The number of benzene rings is 1. The Morgan fingerprint density at radius 3 is 2.70 bits per heavy atom. The Morgan fingerprint density at radius 2 is 2.05 bits per heavy atom. The fourth-order valence-electron chi connectivity index (χ4n) is 2.96. The Bertz CT molecular complexity index is 450. The largest absolute Gasteiger partial charge is 0.384 e. The Morgan fingerprint density at radius 1 is 1.35 bits per heavy atom. The lowest BCUT2D eigenvalue weighted by atomic mass is 10.00. The van der Waals surface area contributed by atoms with Gasteiger partial charge in [0.05, 0.1) is 0 Å². The molecule has 0 bridgehead atoms. The molecule has 1 atom stereocenters. The maximum atomic E-state index is 12.2. The molecule has 1 aromatic carbocycles. The predicted molar refractivity (Wildman–Crippen MR) is 84.0 cm³/mol. The number of piperidine rings is 1. The van der Waals surface area contributed by atoms with Gasteiger partial charge in [-0.2, -0.15) is 0 Å². The zero-order valence-electron chi connectivity index (χ0n) is 12.9. The van der Waals surface area contributed by atoms with E-state index in [-0.39, 0.29) is 5.91 Å². The van der Waals surface area contributed by atoms with Crippen LogP contribution in [-0.2, 0) is 4.79 Å². The fraction of sp³-hybridized carbons (Fsp3) is 0.588. The van der Waals surface area contributed by atoms with Crippen molar-refractivity contribution in [1.82, 2.24) is 4.90 Å². The molecule has 1 N–H and O–H groups in total. The van der Waals surface area contributed by atoms with Crippen LogP contribution in [0, 0.1) is 19.8 Å². The van der Waals surface area contributed by atoms with Crippen LogP contribution < -0.4 is 5.32 Å². The molecule has 0 radical (unpaired) electrons. The van der Waals surface area contributed by atoms with Crippen molar-refractivity contribution in [2.24, 2.45) is 5.92 Å². The van der Waals surface area contributed by atoms with Crippen molar-refractivity contribution in [3.8, 4) is 0 Å². The first-order chi connectivity index (χ1) is 9.58. The molecule has 20 heavy (non-hydrogen) atoms. The number of nitrogens with zero attached hydrogens (tertiary/aromatic N) is 1. The summed E-state index contributed by atoms with van der Waals surface area (Å²) in [6.07, 6.45) is 2.99. The smallest absolute Gasteiger partial charge is 0.224 e. The maximum Gasteiger partial charge on any atom is 0.224 e. The van der Waals surface area contributed by atoms with Gasteiger partial charge in [0.15, 0.2) is 0 Å². The third-order valence-electron chi connectivity index (χ3n) is 4.13. The Hall–Kier alpha value is -1.51. The summed E-state index contributed by atoms with van der Waals surface area (Å²) in [5, 5.41) is 3.41. The van der Waals surface area contributed by atoms with Crippen LogP contribution in [0.15, 0.2) is 18.2 Å². The van der Waals surface area contributed by atoms with E-state index < -0.39 is 0 Å². The third kappa shape index (κ3) is 3.75. The molecule has 1 aliphatic heterocycles. The van der Waals surface area contributed by atoms with Gasteiger partial charge in [0.25, 0.3) is 0 Å². The van der Waals surface area contributed by atoms with E-state index in [2.05, 4.69) is 44.3 Å². The first-order valence-electron chi connectivity index (χ1n) is 7.66. The van der Waals surface area contributed by atoms with E-state index in [9.17, 15) is 4.79 Å². The minimum absolute atomic E-state index is 0.287. The molecular formula is C17H26N2O. The average Bonchev–Trinajstić information content (AvgIpc) is 2.42. The second-order valence-electron chi connectivity index (χ2n) is 6.03. The Kier molecular flexibility index (Phi) is 5.05. The molecule has 0 saturated carbocycles. The molecule has 2 rings (SSSR count). The van der Waals surface area contributed by atoms with E-state index >= 15 is 0 Å². The number of amides is 1. The summed E-state index contributed by atoms with van der Waals surface area (Å²) in [6.45, 7) is 9.02. The van der Waals surface area contributed by atoms with Crippen molar-refractivity contribution in [2.45, 2.75) is 40.0 Å². The number of anilines is 1. The van der Waals surface area contributed by atoms with Crippen molar-refractivity contribution in [3.05, 3.63) is 29.3 Å². The summed E-state index contributed by atoms with van der Waals surface area (Å²) in [5.74, 6) is 0.939. The molecule has 1 aliphatic rings. The van der Waals surface area contributed by atoms with Gasteiger partial charge < -0.3 is 10.2 Å². The van der Waals surface area contributed by atoms with Gasteiger partial charge in [-0.25, -0.2) is 0 Å². The van der Waals surface area contributed by atoms with E-state index in [1.165, 1.54) is 23.2 Å². The minimum Gasteiger partial charge on any atom is -0.384 e. The number of likely N-dealkylation sites (tertiary alicyclic amines) is 1. The monoisotopic (exact) mass is 274 g/mol. The van der Waals surface area contributed by atoms with E-state index in [0.717, 1.165) is 26.1 Å². The number of nitrogens with one attached hydrogen (secondary N) is 1. The van der Waals surface area contributed by atoms with Crippen LogP contribution in [-0.4, -0.2) is 30.4 Å². The SMILES string of the molecule is Cc1cccc(C)c1NCCC(=O)N1CCCC(C)C1. The summed E-state index contributed by atoms with van der Waals surface area (Å²) in [6, 6.07) is 6.27. The number of carbonyl (C=O) groups excluding carboxylic acids is 1. The highest BCUT2D eigenvalue weighted by Gasteiger charge is 2.20. The van der Waals surface area contributed by atoms with E-state index in [4.69, 9.17) is 0 Å². The first kappa shape index (κ1) is 14.9. The van der Waals surface area contributed by atoms with Crippen LogP contribution in [0.2, 0.25) is 0 Å². The number of aryl methyl sites for hydroxylation is 2. The zero-order chi connectivity index (χ0) is 14.5. The van der Waals surface area contributed by atoms with E-state index in [1.54, 1.807) is 0 Å². The molecule has 1 amide bonds. The lowest BCUT2D eigenvalue weighted by Gasteiger charge is -2.31. The minimum atomic E-state index is 0.287. The van der Waals surface area contributed by atoms with Crippen LogP contribution in [0.4, 0.5) is 5.69 Å². The van der Waals surface area contributed by atoms with Crippen molar-refractivity contribution in [3.63, 3.8) is 0 Å². The van der Waals surface area contributed by atoms with Crippen LogP contribution in [0.25, 0.3) is 0 Å². The number of para-hydroxylation sites is 1. The molecule has 1 aromatic rings. The summed E-state index contributed by atoms with van der Waals surface area (Å²) >= 11 is 0. The molecule has 0 spiro atoms. The first-order valence-corrected chi connectivity index (χ1v) is 7.66.